The van der Waals surface area contributed by atoms with Gasteiger partial charge in [0.05, 0.1) is 0 Å². The first-order chi connectivity index (χ1) is 6.24. The van der Waals surface area contributed by atoms with E-state index in [1.165, 1.54) is 44.9 Å². The van der Waals surface area contributed by atoms with Gasteiger partial charge in [0.2, 0.25) is 0 Å². The lowest BCUT2D eigenvalue weighted by Gasteiger charge is -2.23. The van der Waals surface area contributed by atoms with Crippen molar-refractivity contribution in [2.45, 2.75) is 63.6 Å². The van der Waals surface area contributed by atoms with E-state index in [1.807, 2.05) is 0 Å². The number of rotatable bonds is 3. The van der Waals surface area contributed by atoms with Crippen LogP contribution in [-0.2, 0) is 0 Å². The third-order valence-corrected chi connectivity index (χ3v) is 4.28. The monoisotopic (exact) mass is 246 g/mol. The molecule has 13 heavy (non-hydrogen) atoms. The van der Waals surface area contributed by atoms with Gasteiger partial charge in [0, 0.05) is 4.83 Å². The van der Waals surface area contributed by atoms with Crippen LogP contribution in [0.3, 0.4) is 0 Å². The Bertz CT molecular complexity index is 133. The third-order valence-electron chi connectivity index (χ3n) is 3.45. The molecule has 0 aromatic carbocycles. The molecule has 0 saturated heterocycles. The maximum Gasteiger partial charge on any atom is 0.0148 e. The highest BCUT2D eigenvalue weighted by Gasteiger charge is 2.22. The van der Waals surface area contributed by atoms with Crippen LogP contribution in [-0.4, -0.2) is 4.83 Å². The van der Waals surface area contributed by atoms with Crippen molar-refractivity contribution in [2.24, 2.45) is 11.8 Å². The van der Waals surface area contributed by atoms with Crippen molar-refractivity contribution in [2.75, 3.05) is 0 Å². The lowest BCUT2D eigenvalue weighted by molar-refractivity contribution is 0.304. The SMILES string of the molecule is CCCC(C)C1CCCCC(Br)C1. The average Bonchev–Trinajstić information content (AvgIpc) is 2.30. The lowest BCUT2D eigenvalue weighted by atomic mass is 9.85. The minimum Gasteiger partial charge on any atom is -0.0891 e. The average molecular weight is 247 g/mol. The molecule has 1 fully saturated rings. The molecule has 0 nitrogen and oxygen atoms in total. The van der Waals surface area contributed by atoms with Gasteiger partial charge in [-0.15, -0.1) is 0 Å². The Morgan fingerprint density at radius 2 is 2.00 bits per heavy atom. The summed E-state index contributed by atoms with van der Waals surface area (Å²) in [5, 5.41) is 0. The van der Waals surface area contributed by atoms with Gasteiger partial charge in [-0.3, -0.25) is 0 Å². The molecule has 0 aromatic rings. The predicted molar refractivity (Wildman–Crippen MR) is 63.4 cm³/mol. The zero-order valence-corrected chi connectivity index (χ0v) is 10.6. The molecule has 0 aliphatic heterocycles. The van der Waals surface area contributed by atoms with Crippen molar-refractivity contribution in [3.63, 3.8) is 0 Å². The van der Waals surface area contributed by atoms with Gasteiger partial charge in [-0.25, -0.2) is 0 Å². The first-order valence-electron chi connectivity index (χ1n) is 5.88. The van der Waals surface area contributed by atoms with E-state index in [0.29, 0.717) is 0 Å². The van der Waals surface area contributed by atoms with Gasteiger partial charge < -0.3 is 0 Å². The summed E-state index contributed by atoms with van der Waals surface area (Å²) in [6, 6.07) is 0. The maximum absolute atomic E-state index is 3.80. The van der Waals surface area contributed by atoms with Crippen LogP contribution in [0.1, 0.15) is 58.8 Å². The fourth-order valence-electron chi connectivity index (χ4n) is 2.54. The number of alkyl halides is 1. The molecular weight excluding hydrogens is 224 g/mol. The second-order valence-electron chi connectivity index (χ2n) is 4.64. The summed E-state index contributed by atoms with van der Waals surface area (Å²) >= 11 is 3.80. The fourth-order valence-corrected chi connectivity index (χ4v) is 3.35. The van der Waals surface area contributed by atoms with E-state index in [9.17, 15) is 0 Å². The first kappa shape index (κ1) is 11.6. The van der Waals surface area contributed by atoms with E-state index in [2.05, 4.69) is 29.8 Å². The van der Waals surface area contributed by atoms with Crippen molar-refractivity contribution < 1.29 is 0 Å². The molecule has 0 aromatic heterocycles. The Morgan fingerprint density at radius 3 is 2.69 bits per heavy atom. The summed E-state index contributed by atoms with van der Waals surface area (Å²) in [5.74, 6) is 1.94. The predicted octanol–water partition coefficient (Wildman–Crippen LogP) is 4.77. The van der Waals surface area contributed by atoms with Gasteiger partial charge in [0.1, 0.15) is 0 Å². The Morgan fingerprint density at radius 1 is 1.31 bits per heavy atom. The van der Waals surface area contributed by atoms with Crippen LogP contribution in [0.4, 0.5) is 0 Å². The molecular formula is C12H23Br. The van der Waals surface area contributed by atoms with Gasteiger partial charge in [-0.05, 0) is 24.7 Å². The molecule has 1 aliphatic rings. The van der Waals surface area contributed by atoms with Gasteiger partial charge >= 0.3 is 0 Å². The number of hydrogen-bond acceptors (Lipinski definition) is 0. The topological polar surface area (TPSA) is 0 Å². The molecule has 0 heterocycles. The van der Waals surface area contributed by atoms with Crippen LogP contribution in [0.25, 0.3) is 0 Å². The van der Waals surface area contributed by atoms with Crippen molar-refractivity contribution in [3.8, 4) is 0 Å². The molecule has 1 saturated carbocycles. The van der Waals surface area contributed by atoms with E-state index >= 15 is 0 Å². The summed E-state index contributed by atoms with van der Waals surface area (Å²) in [7, 11) is 0. The highest BCUT2D eigenvalue weighted by Crippen LogP contribution is 2.33. The van der Waals surface area contributed by atoms with E-state index in [0.717, 1.165) is 16.7 Å². The van der Waals surface area contributed by atoms with E-state index < -0.39 is 0 Å². The summed E-state index contributed by atoms with van der Waals surface area (Å²) in [6.07, 6.45) is 9.96. The van der Waals surface area contributed by atoms with Crippen molar-refractivity contribution in [1.82, 2.24) is 0 Å². The highest BCUT2D eigenvalue weighted by atomic mass is 79.9. The Balaban J connectivity index is 2.37. The number of hydrogen-bond donors (Lipinski definition) is 0. The third kappa shape index (κ3) is 4.01. The molecule has 3 atom stereocenters. The molecule has 0 spiro atoms. The second kappa shape index (κ2) is 6.06. The normalized spacial score (nSPS) is 32.5. The smallest absolute Gasteiger partial charge is 0.0148 e. The van der Waals surface area contributed by atoms with E-state index in [4.69, 9.17) is 0 Å². The minimum absolute atomic E-state index is 0.805. The van der Waals surface area contributed by atoms with Crippen molar-refractivity contribution in [1.29, 1.82) is 0 Å². The zero-order valence-electron chi connectivity index (χ0n) is 9.06. The molecule has 0 N–H and O–H groups in total. The van der Waals surface area contributed by atoms with Crippen LogP contribution in [0, 0.1) is 11.8 Å². The quantitative estimate of drug-likeness (QED) is 0.498. The van der Waals surface area contributed by atoms with Gasteiger partial charge in [-0.2, -0.15) is 0 Å². The summed E-state index contributed by atoms with van der Waals surface area (Å²) in [6.45, 7) is 4.75. The molecule has 3 unspecified atom stereocenters. The van der Waals surface area contributed by atoms with Crippen LogP contribution in [0.2, 0.25) is 0 Å². The molecule has 0 bridgehead atoms. The zero-order chi connectivity index (χ0) is 9.68. The largest absolute Gasteiger partial charge is 0.0891 e. The minimum atomic E-state index is 0.805. The van der Waals surface area contributed by atoms with Crippen LogP contribution in [0.5, 0.6) is 0 Å². The second-order valence-corrected chi connectivity index (χ2v) is 5.94. The van der Waals surface area contributed by atoms with Crippen LogP contribution in [0.15, 0.2) is 0 Å². The van der Waals surface area contributed by atoms with Crippen LogP contribution < -0.4 is 0 Å². The first-order valence-corrected chi connectivity index (χ1v) is 6.79. The Hall–Kier alpha value is 0.480. The molecule has 0 amide bonds. The van der Waals surface area contributed by atoms with Gasteiger partial charge in [0.25, 0.3) is 0 Å². The van der Waals surface area contributed by atoms with Crippen molar-refractivity contribution in [3.05, 3.63) is 0 Å². The van der Waals surface area contributed by atoms with Crippen molar-refractivity contribution >= 4 is 15.9 Å². The molecule has 78 valence electrons. The Kier molecular flexibility index (Phi) is 5.38. The maximum atomic E-state index is 3.80. The molecule has 1 rings (SSSR count). The molecule has 1 aliphatic carbocycles. The lowest BCUT2D eigenvalue weighted by Crippen LogP contribution is -2.14. The molecule has 1 heteroatoms. The van der Waals surface area contributed by atoms with Gasteiger partial charge in [0.15, 0.2) is 0 Å². The summed E-state index contributed by atoms with van der Waals surface area (Å²) in [4.78, 5) is 0.805. The Labute approximate surface area is 91.6 Å². The molecule has 0 radical (unpaired) electrons. The standard InChI is InChI=1S/C12H23Br/c1-3-6-10(2)11-7-4-5-8-12(13)9-11/h10-12H,3-9H2,1-2H3. The summed E-state index contributed by atoms with van der Waals surface area (Å²) in [5.41, 5.74) is 0. The highest BCUT2D eigenvalue weighted by molar-refractivity contribution is 9.09. The van der Waals surface area contributed by atoms with Gasteiger partial charge in [-0.1, -0.05) is 61.9 Å². The summed E-state index contributed by atoms with van der Waals surface area (Å²) < 4.78 is 0. The van der Waals surface area contributed by atoms with E-state index in [1.54, 1.807) is 0 Å². The number of halogens is 1. The fraction of sp³-hybridized carbons (Fsp3) is 1.00. The van der Waals surface area contributed by atoms with Crippen LogP contribution >= 0.6 is 15.9 Å². The van der Waals surface area contributed by atoms with E-state index in [-0.39, 0.29) is 0 Å².